The summed E-state index contributed by atoms with van der Waals surface area (Å²) in [5, 5.41) is 0. The van der Waals surface area contributed by atoms with Crippen LogP contribution in [0.25, 0.3) is 0 Å². The quantitative estimate of drug-likeness (QED) is 0.781. The third kappa shape index (κ3) is 4.91. The van der Waals surface area contributed by atoms with Crippen LogP contribution in [0.3, 0.4) is 0 Å². The maximum Gasteiger partial charge on any atom is 0.416 e. The van der Waals surface area contributed by atoms with Crippen LogP contribution in [-0.4, -0.2) is 79.1 Å². The summed E-state index contributed by atoms with van der Waals surface area (Å²) in [4.78, 5) is 29.9. The lowest BCUT2D eigenvalue weighted by molar-refractivity contribution is -0.138. The summed E-state index contributed by atoms with van der Waals surface area (Å²) in [5.74, 6) is -0.229. The van der Waals surface area contributed by atoms with E-state index in [0.29, 0.717) is 58.0 Å². The molecule has 2 aliphatic rings. The second-order valence-corrected chi connectivity index (χ2v) is 6.62. The van der Waals surface area contributed by atoms with E-state index >= 15 is 0 Å². The number of urea groups is 1. The van der Waals surface area contributed by atoms with Gasteiger partial charge in [0, 0.05) is 39.3 Å². The third-order valence-corrected chi connectivity index (χ3v) is 4.79. The van der Waals surface area contributed by atoms with Crippen LogP contribution in [0.4, 0.5) is 18.0 Å². The second-order valence-electron chi connectivity index (χ2n) is 6.62. The Morgan fingerprint density at radius 2 is 1.52 bits per heavy atom. The first-order valence-electron chi connectivity index (χ1n) is 8.90. The Kier molecular flexibility index (Phi) is 5.88. The summed E-state index contributed by atoms with van der Waals surface area (Å²) in [6, 6.07) is 4.78. The Bertz CT molecular complexity index is 682. The summed E-state index contributed by atoms with van der Waals surface area (Å²) in [5.41, 5.74) is -0.421. The molecule has 3 rings (SSSR count). The number of ether oxygens (including phenoxy) is 1. The van der Waals surface area contributed by atoms with Gasteiger partial charge in [-0.05, 0) is 11.6 Å². The van der Waals surface area contributed by atoms with Gasteiger partial charge in [0.15, 0.2) is 0 Å². The van der Waals surface area contributed by atoms with Crippen LogP contribution in [0.15, 0.2) is 24.3 Å². The van der Waals surface area contributed by atoms with E-state index in [1.807, 2.05) is 0 Å². The van der Waals surface area contributed by atoms with E-state index in [2.05, 4.69) is 0 Å². The van der Waals surface area contributed by atoms with Crippen molar-refractivity contribution >= 4 is 11.9 Å². The van der Waals surface area contributed by atoms with Crippen molar-refractivity contribution in [2.24, 2.45) is 0 Å². The minimum atomic E-state index is -4.43. The van der Waals surface area contributed by atoms with Gasteiger partial charge in [0.1, 0.15) is 0 Å². The highest BCUT2D eigenvalue weighted by molar-refractivity contribution is 5.79. The molecule has 0 aliphatic carbocycles. The number of halogens is 3. The summed E-state index contributed by atoms with van der Waals surface area (Å²) < 4.78 is 43.6. The largest absolute Gasteiger partial charge is 0.416 e. The molecule has 1 aromatic carbocycles. The number of morpholine rings is 1. The van der Waals surface area contributed by atoms with Crippen LogP contribution in [0, 0.1) is 0 Å². The zero-order valence-electron chi connectivity index (χ0n) is 14.9. The van der Waals surface area contributed by atoms with Crippen LogP contribution >= 0.6 is 0 Å². The molecule has 2 saturated heterocycles. The standard InChI is InChI=1S/C18H22F3N3O3/c19-18(20,21)15-3-1-2-14(12-15)13-16(25)22-4-6-23(7-5-22)17(26)24-8-10-27-11-9-24/h1-3,12H,4-11,13H2. The highest BCUT2D eigenvalue weighted by atomic mass is 19.4. The first kappa shape index (κ1) is 19.5. The van der Waals surface area contributed by atoms with Gasteiger partial charge in [-0.3, -0.25) is 4.79 Å². The average molecular weight is 385 g/mol. The smallest absolute Gasteiger partial charge is 0.378 e. The minimum absolute atomic E-state index is 0.0525. The van der Waals surface area contributed by atoms with Crippen molar-refractivity contribution in [2.75, 3.05) is 52.5 Å². The monoisotopic (exact) mass is 385 g/mol. The van der Waals surface area contributed by atoms with E-state index in [9.17, 15) is 22.8 Å². The summed E-state index contributed by atoms with van der Waals surface area (Å²) in [6.45, 7) is 3.79. The zero-order chi connectivity index (χ0) is 19.4. The SMILES string of the molecule is O=C(Cc1cccc(C(F)(F)F)c1)N1CCN(C(=O)N2CCOCC2)CC1. The van der Waals surface area contributed by atoms with Gasteiger partial charge in [0.05, 0.1) is 25.2 Å². The molecule has 0 atom stereocenters. The number of alkyl halides is 3. The Morgan fingerprint density at radius 3 is 2.15 bits per heavy atom. The molecule has 0 bridgehead atoms. The first-order chi connectivity index (χ1) is 12.8. The second kappa shape index (κ2) is 8.16. The first-order valence-corrected chi connectivity index (χ1v) is 8.90. The predicted molar refractivity (Wildman–Crippen MR) is 91.1 cm³/mol. The molecule has 0 N–H and O–H groups in total. The summed E-state index contributed by atoms with van der Waals surface area (Å²) in [7, 11) is 0. The number of hydrogen-bond acceptors (Lipinski definition) is 3. The number of amides is 3. The Balaban J connectivity index is 1.52. The average Bonchev–Trinajstić information content (AvgIpc) is 2.68. The molecule has 3 amide bonds. The van der Waals surface area contributed by atoms with Gasteiger partial charge < -0.3 is 19.4 Å². The maximum atomic E-state index is 12.8. The van der Waals surface area contributed by atoms with Crippen molar-refractivity contribution < 1.29 is 27.5 Å². The van der Waals surface area contributed by atoms with Crippen molar-refractivity contribution in [1.82, 2.24) is 14.7 Å². The van der Waals surface area contributed by atoms with E-state index in [-0.39, 0.29) is 18.4 Å². The molecule has 0 radical (unpaired) electrons. The van der Waals surface area contributed by atoms with Crippen molar-refractivity contribution in [3.05, 3.63) is 35.4 Å². The Morgan fingerprint density at radius 1 is 0.926 bits per heavy atom. The van der Waals surface area contributed by atoms with Gasteiger partial charge >= 0.3 is 12.2 Å². The number of nitrogens with zero attached hydrogens (tertiary/aromatic N) is 3. The van der Waals surface area contributed by atoms with Gasteiger partial charge in [0.25, 0.3) is 0 Å². The Hall–Kier alpha value is -2.29. The lowest BCUT2D eigenvalue weighted by Crippen LogP contribution is -2.55. The van der Waals surface area contributed by atoms with Crippen molar-refractivity contribution in [1.29, 1.82) is 0 Å². The maximum absolute atomic E-state index is 12.8. The molecule has 27 heavy (non-hydrogen) atoms. The predicted octanol–water partition coefficient (Wildman–Crippen LogP) is 1.84. The number of carbonyl (C=O) groups is 2. The van der Waals surface area contributed by atoms with Crippen molar-refractivity contribution in [3.63, 3.8) is 0 Å². The molecule has 148 valence electrons. The normalized spacial score (nSPS) is 18.6. The van der Waals surface area contributed by atoms with E-state index in [1.165, 1.54) is 12.1 Å². The van der Waals surface area contributed by atoms with Crippen LogP contribution in [0.2, 0.25) is 0 Å². The molecule has 2 aliphatic heterocycles. The lowest BCUT2D eigenvalue weighted by atomic mass is 10.1. The fraction of sp³-hybridized carbons (Fsp3) is 0.556. The molecule has 0 unspecified atom stereocenters. The van der Waals surface area contributed by atoms with Crippen LogP contribution in [-0.2, 0) is 22.1 Å². The van der Waals surface area contributed by atoms with Gasteiger partial charge in [-0.1, -0.05) is 18.2 Å². The van der Waals surface area contributed by atoms with Crippen LogP contribution in [0.5, 0.6) is 0 Å². The zero-order valence-corrected chi connectivity index (χ0v) is 14.9. The molecule has 6 nitrogen and oxygen atoms in total. The molecular formula is C18H22F3N3O3. The number of rotatable bonds is 2. The van der Waals surface area contributed by atoms with E-state index in [1.54, 1.807) is 14.7 Å². The molecule has 2 fully saturated rings. The molecule has 0 spiro atoms. The molecule has 0 aromatic heterocycles. The number of benzene rings is 1. The lowest BCUT2D eigenvalue weighted by Gasteiger charge is -2.38. The molecule has 0 saturated carbocycles. The number of piperazine rings is 1. The number of hydrogen-bond donors (Lipinski definition) is 0. The van der Waals surface area contributed by atoms with Crippen molar-refractivity contribution in [2.45, 2.75) is 12.6 Å². The third-order valence-electron chi connectivity index (χ3n) is 4.79. The molecular weight excluding hydrogens is 363 g/mol. The van der Waals surface area contributed by atoms with Crippen LogP contribution in [0.1, 0.15) is 11.1 Å². The van der Waals surface area contributed by atoms with Crippen LogP contribution < -0.4 is 0 Å². The van der Waals surface area contributed by atoms with E-state index < -0.39 is 11.7 Å². The van der Waals surface area contributed by atoms with Gasteiger partial charge in [-0.2, -0.15) is 13.2 Å². The molecule has 1 aromatic rings. The van der Waals surface area contributed by atoms with E-state index in [0.717, 1.165) is 12.1 Å². The molecule has 2 heterocycles. The molecule has 9 heteroatoms. The van der Waals surface area contributed by atoms with Gasteiger partial charge in [-0.15, -0.1) is 0 Å². The fourth-order valence-electron chi connectivity index (χ4n) is 3.25. The van der Waals surface area contributed by atoms with Gasteiger partial charge in [0.2, 0.25) is 5.91 Å². The fourth-order valence-corrected chi connectivity index (χ4v) is 3.25. The Labute approximate surface area is 155 Å². The van der Waals surface area contributed by atoms with E-state index in [4.69, 9.17) is 4.74 Å². The summed E-state index contributed by atoms with van der Waals surface area (Å²) in [6.07, 6.45) is -4.51. The van der Waals surface area contributed by atoms with Gasteiger partial charge in [-0.25, -0.2) is 4.79 Å². The topological polar surface area (TPSA) is 53.1 Å². The highest BCUT2D eigenvalue weighted by Crippen LogP contribution is 2.29. The summed E-state index contributed by atoms with van der Waals surface area (Å²) >= 11 is 0. The highest BCUT2D eigenvalue weighted by Gasteiger charge is 2.31. The minimum Gasteiger partial charge on any atom is -0.378 e. The number of carbonyl (C=O) groups excluding carboxylic acids is 2. The van der Waals surface area contributed by atoms with Crippen molar-refractivity contribution in [3.8, 4) is 0 Å².